The molecule has 0 bridgehead atoms. The van der Waals surface area contributed by atoms with Gasteiger partial charge in [-0.15, -0.1) is 10.2 Å². The maximum Gasteiger partial charge on any atom is 0.234 e. The van der Waals surface area contributed by atoms with Crippen molar-refractivity contribution >= 4 is 35.0 Å². The fourth-order valence-electron chi connectivity index (χ4n) is 3.55. The highest BCUT2D eigenvalue weighted by Crippen LogP contribution is 2.29. The summed E-state index contributed by atoms with van der Waals surface area (Å²) in [5, 5.41) is 13.0. The third-order valence-electron chi connectivity index (χ3n) is 4.91. The molecule has 0 saturated carbocycles. The summed E-state index contributed by atoms with van der Waals surface area (Å²) in [7, 11) is 0. The van der Waals surface area contributed by atoms with Crippen LogP contribution in [0.15, 0.2) is 66.1 Å². The quantitative estimate of drug-likeness (QED) is 0.374. The molecule has 0 radical (unpaired) electrons. The predicted molar refractivity (Wildman–Crippen MR) is 130 cm³/mol. The molecule has 0 aliphatic rings. The minimum Gasteiger partial charge on any atom is -0.325 e. The number of thioether (sulfide) groups is 1. The Balaban J connectivity index is 1.59. The lowest BCUT2D eigenvalue weighted by Gasteiger charge is -2.13. The van der Waals surface area contributed by atoms with Gasteiger partial charge in [0.1, 0.15) is 0 Å². The number of carbonyl (C=O) groups is 1. The number of aryl methyl sites for hydroxylation is 3. The van der Waals surface area contributed by atoms with E-state index in [0.29, 0.717) is 16.0 Å². The molecule has 4 aromatic rings. The molecule has 1 N–H and O–H groups in total. The molecular formula is C24H22ClN5OS. The Bertz CT molecular complexity index is 1230. The number of aromatic nitrogens is 4. The van der Waals surface area contributed by atoms with E-state index in [1.165, 1.54) is 17.3 Å². The van der Waals surface area contributed by atoms with Gasteiger partial charge in [-0.05, 0) is 68.3 Å². The highest BCUT2D eigenvalue weighted by Gasteiger charge is 2.18. The van der Waals surface area contributed by atoms with Crippen LogP contribution in [0.5, 0.6) is 0 Å². The van der Waals surface area contributed by atoms with E-state index in [1.807, 2.05) is 61.7 Å². The number of halogens is 1. The second-order valence-corrected chi connectivity index (χ2v) is 8.85. The van der Waals surface area contributed by atoms with E-state index in [1.54, 1.807) is 12.4 Å². The monoisotopic (exact) mass is 463 g/mol. The molecule has 1 amide bonds. The molecule has 0 aliphatic heterocycles. The van der Waals surface area contributed by atoms with Crippen LogP contribution < -0.4 is 5.32 Å². The number of nitrogens with one attached hydrogen (secondary N) is 1. The number of hydrogen-bond donors (Lipinski definition) is 1. The van der Waals surface area contributed by atoms with Gasteiger partial charge < -0.3 is 5.32 Å². The number of amides is 1. The molecule has 8 heteroatoms. The molecule has 0 spiro atoms. The van der Waals surface area contributed by atoms with Gasteiger partial charge >= 0.3 is 0 Å². The molecule has 6 nitrogen and oxygen atoms in total. The standard InChI is InChI=1S/C24H22ClN5OS/c1-15-11-16(2)22(17(3)12-15)27-21(31)14-32-24-29-28-23(18-5-4-10-26-13-18)30(24)20-8-6-19(25)7-9-20/h4-13H,14H2,1-3H3,(H,27,31). The number of pyridine rings is 1. The van der Waals surface area contributed by atoms with Crippen LogP contribution in [0, 0.1) is 20.8 Å². The van der Waals surface area contributed by atoms with Crippen molar-refractivity contribution < 1.29 is 4.79 Å². The van der Waals surface area contributed by atoms with Gasteiger partial charge in [-0.1, -0.05) is 41.1 Å². The molecule has 2 heterocycles. The number of rotatable bonds is 6. The first-order valence-electron chi connectivity index (χ1n) is 10.0. The molecular weight excluding hydrogens is 442 g/mol. The smallest absolute Gasteiger partial charge is 0.234 e. The zero-order chi connectivity index (χ0) is 22.7. The lowest BCUT2D eigenvalue weighted by molar-refractivity contribution is -0.113. The van der Waals surface area contributed by atoms with Gasteiger partial charge in [0.05, 0.1) is 5.75 Å². The first-order chi connectivity index (χ1) is 15.4. The zero-order valence-electron chi connectivity index (χ0n) is 18.0. The Morgan fingerprint density at radius 3 is 2.44 bits per heavy atom. The first kappa shape index (κ1) is 22.0. The number of benzene rings is 2. The van der Waals surface area contributed by atoms with Crippen molar-refractivity contribution in [1.82, 2.24) is 19.7 Å². The van der Waals surface area contributed by atoms with E-state index < -0.39 is 0 Å². The van der Waals surface area contributed by atoms with Gasteiger partial charge in [0.25, 0.3) is 0 Å². The molecule has 2 aromatic heterocycles. The summed E-state index contributed by atoms with van der Waals surface area (Å²) >= 11 is 7.40. The summed E-state index contributed by atoms with van der Waals surface area (Å²) in [6, 6.07) is 15.3. The average Bonchev–Trinajstić information content (AvgIpc) is 3.20. The van der Waals surface area contributed by atoms with Crippen molar-refractivity contribution in [3.8, 4) is 17.1 Å². The van der Waals surface area contributed by atoms with E-state index in [-0.39, 0.29) is 11.7 Å². The van der Waals surface area contributed by atoms with Crippen LogP contribution in [0.25, 0.3) is 17.1 Å². The van der Waals surface area contributed by atoms with Crippen LogP contribution in [-0.2, 0) is 4.79 Å². The fraction of sp³-hybridized carbons (Fsp3) is 0.167. The maximum absolute atomic E-state index is 12.7. The third-order valence-corrected chi connectivity index (χ3v) is 6.09. The van der Waals surface area contributed by atoms with Crippen LogP contribution in [-0.4, -0.2) is 31.4 Å². The molecule has 32 heavy (non-hydrogen) atoms. The summed E-state index contributed by atoms with van der Waals surface area (Å²) in [4.78, 5) is 16.9. The Morgan fingerprint density at radius 1 is 1.06 bits per heavy atom. The number of carbonyl (C=O) groups excluding carboxylic acids is 1. The molecule has 0 atom stereocenters. The normalized spacial score (nSPS) is 10.9. The Labute approximate surface area is 196 Å². The average molecular weight is 464 g/mol. The number of anilines is 1. The summed E-state index contributed by atoms with van der Waals surface area (Å²) < 4.78 is 1.91. The fourth-order valence-corrected chi connectivity index (χ4v) is 4.43. The van der Waals surface area contributed by atoms with Gasteiger partial charge in [0.2, 0.25) is 5.91 Å². The second-order valence-electron chi connectivity index (χ2n) is 7.47. The van der Waals surface area contributed by atoms with Crippen molar-refractivity contribution in [2.24, 2.45) is 0 Å². The van der Waals surface area contributed by atoms with Crippen LogP contribution in [0.4, 0.5) is 5.69 Å². The Hall–Kier alpha value is -3.16. The van der Waals surface area contributed by atoms with Gasteiger partial charge in [-0.25, -0.2) is 0 Å². The summed E-state index contributed by atoms with van der Waals surface area (Å²) in [6.45, 7) is 6.05. The van der Waals surface area contributed by atoms with E-state index in [0.717, 1.165) is 28.1 Å². The molecule has 0 saturated heterocycles. The van der Waals surface area contributed by atoms with Gasteiger partial charge in [-0.3, -0.25) is 14.3 Å². The van der Waals surface area contributed by atoms with Crippen LogP contribution in [0.1, 0.15) is 16.7 Å². The van der Waals surface area contributed by atoms with Crippen molar-refractivity contribution in [1.29, 1.82) is 0 Å². The third kappa shape index (κ3) is 4.84. The zero-order valence-corrected chi connectivity index (χ0v) is 19.5. The molecule has 0 unspecified atom stereocenters. The van der Waals surface area contributed by atoms with Crippen molar-refractivity contribution in [2.75, 3.05) is 11.1 Å². The molecule has 4 rings (SSSR count). The van der Waals surface area contributed by atoms with Crippen molar-refractivity contribution in [2.45, 2.75) is 25.9 Å². The highest BCUT2D eigenvalue weighted by molar-refractivity contribution is 7.99. The number of hydrogen-bond acceptors (Lipinski definition) is 5. The predicted octanol–water partition coefficient (Wildman–Crippen LogP) is 5.64. The Morgan fingerprint density at radius 2 is 1.78 bits per heavy atom. The van der Waals surface area contributed by atoms with Crippen LogP contribution >= 0.6 is 23.4 Å². The van der Waals surface area contributed by atoms with Crippen LogP contribution in [0.2, 0.25) is 5.02 Å². The largest absolute Gasteiger partial charge is 0.325 e. The SMILES string of the molecule is Cc1cc(C)c(NC(=O)CSc2nnc(-c3cccnc3)n2-c2ccc(Cl)cc2)c(C)c1. The molecule has 2 aromatic carbocycles. The maximum atomic E-state index is 12.7. The van der Waals surface area contributed by atoms with Gasteiger partial charge in [-0.2, -0.15) is 0 Å². The summed E-state index contributed by atoms with van der Waals surface area (Å²) in [5.41, 5.74) is 5.81. The number of nitrogens with zero attached hydrogens (tertiary/aromatic N) is 4. The van der Waals surface area contributed by atoms with Crippen molar-refractivity contribution in [3.05, 3.63) is 82.6 Å². The topological polar surface area (TPSA) is 72.7 Å². The van der Waals surface area contributed by atoms with Gasteiger partial charge in [0, 0.05) is 34.4 Å². The van der Waals surface area contributed by atoms with E-state index in [2.05, 4.69) is 32.6 Å². The molecule has 0 aliphatic carbocycles. The molecule has 0 fully saturated rings. The minimum atomic E-state index is -0.0985. The summed E-state index contributed by atoms with van der Waals surface area (Å²) in [6.07, 6.45) is 3.45. The van der Waals surface area contributed by atoms with Crippen molar-refractivity contribution in [3.63, 3.8) is 0 Å². The summed E-state index contributed by atoms with van der Waals surface area (Å²) in [5.74, 6) is 0.748. The lowest BCUT2D eigenvalue weighted by Crippen LogP contribution is -2.16. The van der Waals surface area contributed by atoms with Gasteiger partial charge in [0.15, 0.2) is 11.0 Å². The molecule has 162 valence electrons. The van der Waals surface area contributed by atoms with Crippen LogP contribution in [0.3, 0.4) is 0 Å². The first-order valence-corrected chi connectivity index (χ1v) is 11.4. The van der Waals surface area contributed by atoms with E-state index >= 15 is 0 Å². The minimum absolute atomic E-state index is 0.0985. The lowest BCUT2D eigenvalue weighted by atomic mass is 10.1. The Kier molecular flexibility index (Phi) is 6.58. The van der Waals surface area contributed by atoms with E-state index in [4.69, 9.17) is 11.6 Å². The second kappa shape index (κ2) is 9.54. The van der Waals surface area contributed by atoms with E-state index in [9.17, 15) is 4.79 Å². The highest BCUT2D eigenvalue weighted by atomic mass is 35.5.